The molecule has 0 saturated heterocycles. The highest BCUT2D eigenvalue weighted by Crippen LogP contribution is 2.35. The van der Waals surface area contributed by atoms with Crippen molar-refractivity contribution in [3.8, 4) is 0 Å². The molecule has 72 valence electrons. The Kier molecular flexibility index (Phi) is 2.12. The second-order valence-corrected chi connectivity index (χ2v) is 3.47. The molecule has 0 heterocycles. The van der Waals surface area contributed by atoms with Crippen LogP contribution in [0.15, 0.2) is 30.3 Å². The van der Waals surface area contributed by atoms with Crippen molar-refractivity contribution in [3.05, 3.63) is 41.5 Å². The zero-order valence-electron chi connectivity index (χ0n) is 8.28. The zero-order valence-corrected chi connectivity index (χ0v) is 8.28. The molecule has 1 aromatic carbocycles. The molecule has 0 amide bonds. The van der Waals surface area contributed by atoms with Crippen molar-refractivity contribution < 1.29 is 9.53 Å². The minimum atomic E-state index is -0.240. The Bertz CT molecular complexity index is 405. The Morgan fingerprint density at radius 1 is 1.36 bits per heavy atom. The van der Waals surface area contributed by atoms with Gasteiger partial charge in [-0.05, 0) is 24.1 Å². The first-order valence-electron chi connectivity index (χ1n) is 4.63. The average Bonchev–Trinajstić information content (AvgIpc) is 2.44. The molecule has 1 aromatic rings. The molecule has 1 aliphatic carbocycles. The van der Waals surface area contributed by atoms with Crippen molar-refractivity contribution in [3.63, 3.8) is 0 Å². The predicted molar refractivity (Wildman–Crippen MR) is 54.6 cm³/mol. The maximum atomic E-state index is 10.9. The Balaban J connectivity index is 2.37. The summed E-state index contributed by atoms with van der Waals surface area (Å²) in [6.45, 7) is 3.46. The molecule has 14 heavy (non-hydrogen) atoms. The van der Waals surface area contributed by atoms with Crippen LogP contribution in [0.25, 0.3) is 5.57 Å². The normalized spacial score (nSPS) is 18.7. The van der Waals surface area contributed by atoms with E-state index in [1.807, 2.05) is 37.3 Å². The van der Waals surface area contributed by atoms with Crippen molar-refractivity contribution in [2.75, 3.05) is 0 Å². The third-order valence-electron chi connectivity index (χ3n) is 2.39. The summed E-state index contributed by atoms with van der Waals surface area (Å²) in [5, 5.41) is 0. The molecule has 0 bridgehead atoms. The Morgan fingerprint density at radius 2 is 2.07 bits per heavy atom. The molecule has 1 atom stereocenters. The molecule has 0 spiro atoms. The lowest BCUT2D eigenvalue weighted by Crippen LogP contribution is -2.04. The van der Waals surface area contributed by atoms with E-state index in [0.717, 1.165) is 5.56 Å². The monoisotopic (exact) mass is 188 g/mol. The van der Waals surface area contributed by atoms with Crippen LogP contribution in [0.3, 0.4) is 0 Å². The maximum absolute atomic E-state index is 10.9. The van der Waals surface area contributed by atoms with Crippen molar-refractivity contribution in [1.82, 2.24) is 0 Å². The quantitative estimate of drug-likeness (QED) is 0.633. The van der Waals surface area contributed by atoms with Gasteiger partial charge in [-0.2, -0.15) is 0 Å². The van der Waals surface area contributed by atoms with Gasteiger partial charge < -0.3 is 4.74 Å². The molecule has 0 radical (unpaired) electrons. The van der Waals surface area contributed by atoms with Crippen LogP contribution in [-0.2, 0) is 9.53 Å². The number of ether oxygens (including phenoxy) is 1. The van der Waals surface area contributed by atoms with Gasteiger partial charge in [0.05, 0.1) is 0 Å². The highest BCUT2D eigenvalue weighted by atomic mass is 16.5. The van der Waals surface area contributed by atoms with Gasteiger partial charge in [0.2, 0.25) is 0 Å². The van der Waals surface area contributed by atoms with Crippen molar-refractivity contribution >= 4 is 11.5 Å². The summed E-state index contributed by atoms with van der Waals surface area (Å²) in [7, 11) is 0. The van der Waals surface area contributed by atoms with E-state index in [4.69, 9.17) is 4.74 Å². The fourth-order valence-electron chi connectivity index (χ4n) is 1.79. The van der Waals surface area contributed by atoms with E-state index in [0.29, 0.717) is 0 Å². The Morgan fingerprint density at radius 3 is 2.79 bits per heavy atom. The topological polar surface area (TPSA) is 26.3 Å². The first-order chi connectivity index (χ1) is 6.68. The largest absolute Gasteiger partial charge is 0.453 e. The van der Waals surface area contributed by atoms with Crippen molar-refractivity contribution in [2.24, 2.45) is 0 Å². The Labute approximate surface area is 83.2 Å². The average molecular weight is 188 g/mol. The van der Waals surface area contributed by atoms with Crippen LogP contribution < -0.4 is 0 Å². The number of fused-ring (bicyclic) bond motifs is 1. The first-order valence-corrected chi connectivity index (χ1v) is 4.63. The molecule has 0 aromatic heterocycles. The van der Waals surface area contributed by atoms with E-state index in [9.17, 15) is 4.79 Å². The highest BCUT2D eigenvalue weighted by molar-refractivity contribution is 5.74. The molecule has 0 N–H and O–H groups in total. The molecule has 0 fully saturated rings. The van der Waals surface area contributed by atoms with E-state index < -0.39 is 0 Å². The van der Waals surface area contributed by atoms with Crippen LogP contribution in [0.5, 0.6) is 0 Å². The number of allylic oxidation sites excluding steroid dienone is 1. The highest BCUT2D eigenvalue weighted by Gasteiger charge is 2.22. The van der Waals surface area contributed by atoms with E-state index >= 15 is 0 Å². The smallest absolute Gasteiger partial charge is 0.303 e. The molecule has 2 rings (SSSR count). The summed E-state index contributed by atoms with van der Waals surface area (Å²) in [5.74, 6) is -0.240. The minimum Gasteiger partial charge on any atom is -0.453 e. The third kappa shape index (κ3) is 1.43. The minimum absolute atomic E-state index is 0.191. The van der Waals surface area contributed by atoms with Crippen LogP contribution in [0.1, 0.15) is 31.1 Å². The molecular weight excluding hydrogens is 176 g/mol. The van der Waals surface area contributed by atoms with Crippen LogP contribution in [-0.4, -0.2) is 5.97 Å². The Hall–Kier alpha value is -1.57. The molecule has 2 heteroatoms. The van der Waals surface area contributed by atoms with E-state index in [2.05, 4.69) is 0 Å². The van der Waals surface area contributed by atoms with Crippen LogP contribution in [0, 0.1) is 0 Å². The summed E-state index contributed by atoms with van der Waals surface area (Å²) in [6, 6.07) is 7.99. The number of hydrogen-bond acceptors (Lipinski definition) is 2. The summed E-state index contributed by atoms with van der Waals surface area (Å²) < 4.78 is 5.19. The van der Waals surface area contributed by atoms with Crippen LogP contribution in [0.2, 0.25) is 0 Å². The van der Waals surface area contributed by atoms with E-state index in [1.54, 1.807) is 0 Å². The first kappa shape index (κ1) is 9.00. The van der Waals surface area contributed by atoms with E-state index in [-0.39, 0.29) is 12.1 Å². The SMILES string of the molecule is CC(=O)O[C@@H]1C=C(C)c2ccccc21. The summed E-state index contributed by atoms with van der Waals surface area (Å²) in [5.41, 5.74) is 3.44. The molecular formula is C12H12O2. The van der Waals surface area contributed by atoms with Gasteiger partial charge in [0.25, 0.3) is 0 Å². The number of carbonyl (C=O) groups excluding carboxylic acids is 1. The molecule has 1 aliphatic rings. The van der Waals surface area contributed by atoms with E-state index in [1.165, 1.54) is 18.1 Å². The van der Waals surface area contributed by atoms with Gasteiger partial charge in [0.1, 0.15) is 6.10 Å². The summed E-state index contributed by atoms with van der Waals surface area (Å²) in [6.07, 6.45) is 1.79. The molecule has 0 aliphatic heterocycles. The van der Waals surface area contributed by atoms with Crippen LogP contribution >= 0.6 is 0 Å². The second-order valence-electron chi connectivity index (χ2n) is 3.47. The number of carbonyl (C=O) groups is 1. The number of rotatable bonds is 1. The fraction of sp³-hybridized carbons (Fsp3) is 0.250. The van der Waals surface area contributed by atoms with Crippen molar-refractivity contribution in [2.45, 2.75) is 20.0 Å². The second kappa shape index (κ2) is 3.29. The lowest BCUT2D eigenvalue weighted by Gasteiger charge is -2.10. The number of hydrogen-bond donors (Lipinski definition) is 0. The summed E-state index contributed by atoms with van der Waals surface area (Å²) in [4.78, 5) is 10.9. The summed E-state index contributed by atoms with van der Waals surface area (Å²) >= 11 is 0. The van der Waals surface area contributed by atoms with Gasteiger partial charge in [-0.3, -0.25) is 4.79 Å². The van der Waals surface area contributed by atoms with Gasteiger partial charge in [0, 0.05) is 12.5 Å². The van der Waals surface area contributed by atoms with Gasteiger partial charge >= 0.3 is 5.97 Å². The van der Waals surface area contributed by atoms with Crippen molar-refractivity contribution in [1.29, 1.82) is 0 Å². The predicted octanol–water partition coefficient (Wildman–Crippen LogP) is 2.71. The molecule has 0 saturated carbocycles. The van der Waals surface area contributed by atoms with Crippen LogP contribution in [0.4, 0.5) is 0 Å². The molecule has 0 unspecified atom stereocenters. The number of benzene rings is 1. The standard InChI is InChI=1S/C12H12O2/c1-8-7-12(14-9(2)13)11-6-4-3-5-10(8)11/h3-7,12H,1-2H3/t12-/m1/s1. The van der Waals surface area contributed by atoms with Gasteiger partial charge in [0.15, 0.2) is 0 Å². The third-order valence-corrected chi connectivity index (χ3v) is 2.39. The maximum Gasteiger partial charge on any atom is 0.303 e. The fourth-order valence-corrected chi connectivity index (χ4v) is 1.79. The zero-order chi connectivity index (χ0) is 10.1. The lowest BCUT2D eigenvalue weighted by atomic mass is 10.1. The molecule has 2 nitrogen and oxygen atoms in total. The number of esters is 1. The van der Waals surface area contributed by atoms with Gasteiger partial charge in [-0.15, -0.1) is 0 Å². The van der Waals surface area contributed by atoms with Gasteiger partial charge in [-0.1, -0.05) is 24.3 Å². The lowest BCUT2D eigenvalue weighted by molar-refractivity contribution is -0.144. The van der Waals surface area contributed by atoms with Gasteiger partial charge in [-0.25, -0.2) is 0 Å².